The predicted molar refractivity (Wildman–Crippen MR) is 94.9 cm³/mol. The molecule has 0 aliphatic rings. The predicted octanol–water partition coefficient (Wildman–Crippen LogP) is 2.58. The molecule has 25 heavy (non-hydrogen) atoms. The first-order valence-corrected chi connectivity index (χ1v) is 7.41. The van der Waals surface area contributed by atoms with Crippen LogP contribution in [0.3, 0.4) is 0 Å². The van der Waals surface area contributed by atoms with Crippen LogP contribution in [0.5, 0.6) is 0 Å². The number of carboxylic acid groups (broad SMARTS) is 1. The van der Waals surface area contributed by atoms with E-state index in [4.69, 9.17) is 5.11 Å². The minimum absolute atomic E-state index is 0.132. The van der Waals surface area contributed by atoms with E-state index in [1.54, 1.807) is 18.2 Å². The largest absolute Gasteiger partial charge is 0.478 e. The van der Waals surface area contributed by atoms with Crippen molar-refractivity contribution in [3.8, 4) is 11.3 Å². The van der Waals surface area contributed by atoms with Gasteiger partial charge in [0.25, 0.3) is 5.56 Å². The molecule has 0 saturated carbocycles. The van der Waals surface area contributed by atoms with Crippen LogP contribution >= 0.6 is 0 Å². The van der Waals surface area contributed by atoms with E-state index in [0.717, 1.165) is 5.56 Å². The Balaban J connectivity index is 1.84. The highest BCUT2D eigenvalue weighted by atomic mass is 16.4. The van der Waals surface area contributed by atoms with Crippen LogP contribution in [0, 0.1) is 0 Å². The fraction of sp³-hybridized carbons (Fsp3) is 0. The number of H-pyrrole nitrogens is 1. The van der Waals surface area contributed by atoms with Crippen molar-refractivity contribution in [1.29, 1.82) is 0 Å². The van der Waals surface area contributed by atoms with Gasteiger partial charge in [-0.25, -0.2) is 15.2 Å². The Morgan fingerprint density at radius 2 is 1.84 bits per heavy atom. The van der Waals surface area contributed by atoms with Crippen molar-refractivity contribution in [1.82, 2.24) is 9.97 Å². The standard InChI is InChI=1S/C18H14N4O3/c23-16-10-15(12-6-2-1-3-7-12)20-18(21-16)22-19-11-13-8-4-5-9-14(13)17(24)25/h1-11H,(H,24,25)(H2,20,21,22,23)/b19-11+. The zero-order valence-corrected chi connectivity index (χ0v) is 13.0. The molecule has 0 radical (unpaired) electrons. The Morgan fingerprint density at radius 3 is 2.60 bits per heavy atom. The van der Waals surface area contributed by atoms with Crippen molar-refractivity contribution < 1.29 is 9.90 Å². The minimum Gasteiger partial charge on any atom is -0.478 e. The van der Waals surface area contributed by atoms with Gasteiger partial charge < -0.3 is 5.11 Å². The summed E-state index contributed by atoms with van der Waals surface area (Å²) in [4.78, 5) is 29.8. The van der Waals surface area contributed by atoms with Gasteiger partial charge in [0.1, 0.15) is 0 Å². The smallest absolute Gasteiger partial charge is 0.336 e. The van der Waals surface area contributed by atoms with Crippen LogP contribution in [0.2, 0.25) is 0 Å². The third kappa shape index (κ3) is 3.97. The van der Waals surface area contributed by atoms with Crippen LogP contribution < -0.4 is 11.0 Å². The summed E-state index contributed by atoms with van der Waals surface area (Å²) < 4.78 is 0. The van der Waals surface area contributed by atoms with Gasteiger partial charge in [-0.05, 0) is 6.07 Å². The number of anilines is 1. The first-order valence-electron chi connectivity index (χ1n) is 7.41. The van der Waals surface area contributed by atoms with E-state index < -0.39 is 5.97 Å². The van der Waals surface area contributed by atoms with Crippen molar-refractivity contribution in [3.63, 3.8) is 0 Å². The van der Waals surface area contributed by atoms with E-state index in [-0.39, 0.29) is 17.1 Å². The summed E-state index contributed by atoms with van der Waals surface area (Å²) in [5, 5.41) is 13.1. The number of aromatic nitrogens is 2. The van der Waals surface area contributed by atoms with Crippen LogP contribution in [0.4, 0.5) is 5.95 Å². The highest BCUT2D eigenvalue weighted by Crippen LogP contribution is 2.15. The van der Waals surface area contributed by atoms with Gasteiger partial charge in [-0.1, -0.05) is 48.5 Å². The van der Waals surface area contributed by atoms with Crippen molar-refractivity contribution in [2.75, 3.05) is 5.43 Å². The van der Waals surface area contributed by atoms with Crippen LogP contribution in [0.1, 0.15) is 15.9 Å². The molecule has 0 unspecified atom stereocenters. The molecule has 0 saturated heterocycles. The Kier molecular flexibility index (Phi) is 4.66. The zero-order valence-electron chi connectivity index (χ0n) is 13.0. The summed E-state index contributed by atoms with van der Waals surface area (Å²) in [6, 6.07) is 17.1. The fourth-order valence-corrected chi connectivity index (χ4v) is 2.23. The third-order valence-electron chi connectivity index (χ3n) is 3.38. The van der Waals surface area contributed by atoms with Crippen LogP contribution in [0.25, 0.3) is 11.3 Å². The van der Waals surface area contributed by atoms with Crippen molar-refractivity contribution in [3.05, 3.63) is 82.1 Å². The Hall–Kier alpha value is -3.74. The number of nitrogens with zero attached hydrogens (tertiary/aromatic N) is 2. The molecule has 1 heterocycles. The van der Waals surface area contributed by atoms with Crippen LogP contribution in [-0.2, 0) is 0 Å². The number of carboxylic acids is 1. The maximum Gasteiger partial charge on any atom is 0.336 e. The first-order chi connectivity index (χ1) is 12.1. The van der Waals surface area contributed by atoms with E-state index in [1.165, 1.54) is 18.3 Å². The molecule has 0 spiro atoms. The lowest BCUT2D eigenvalue weighted by Gasteiger charge is -2.04. The number of hydrogen-bond acceptors (Lipinski definition) is 5. The summed E-state index contributed by atoms with van der Waals surface area (Å²) >= 11 is 0. The summed E-state index contributed by atoms with van der Waals surface area (Å²) in [6.07, 6.45) is 1.36. The summed E-state index contributed by atoms with van der Waals surface area (Å²) in [5.41, 5.74) is 4.17. The van der Waals surface area contributed by atoms with Gasteiger partial charge in [0.05, 0.1) is 17.5 Å². The number of benzene rings is 2. The maximum absolute atomic E-state index is 11.8. The Labute approximate surface area is 142 Å². The van der Waals surface area contributed by atoms with Crippen molar-refractivity contribution >= 4 is 18.1 Å². The zero-order chi connectivity index (χ0) is 17.6. The molecule has 3 rings (SSSR count). The van der Waals surface area contributed by atoms with Crippen LogP contribution in [-0.4, -0.2) is 27.3 Å². The Bertz CT molecular complexity index is 981. The van der Waals surface area contributed by atoms with Gasteiger partial charge in [0, 0.05) is 17.2 Å². The highest BCUT2D eigenvalue weighted by Gasteiger charge is 2.07. The number of hydrazone groups is 1. The van der Waals surface area contributed by atoms with Gasteiger partial charge in [0.15, 0.2) is 0 Å². The monoisotopic (exact) mass is 334 g/mol. The normalized spacial score (nSPS) is 10.7. The molecular formula is C18H14N4O3. The molecule has 0 atom stereocenters. The van der Waals surface area contributed by atoms with E-state index >= 15 is 0 Å². The third-order valence-corrected chi connectivity index (χ3v) is 3.38. The molecule has 124 valence electrons. The molecule has 3 N–H and O–H groups in total. The molecule has 7 heteroatoms. The van der Waals surface area contributed by atoms with Crippen molar-refractivity contribution in [2.24, 2.45) is 5.10 Å². The number of hydrogen-bond donors (Lipinski definition) is 3. The Morgan fingerprint density at radius 1 is 1.12 bits per heavy atom. The molecule has 0 aliphatic carbocycles. The second-order valence-corrected chi connectivity index (χ2v) is 5.11. The average Bonchev–Trinajstić information content (AvgIpc) is 2.62. The molecule has 7 nitrogen and oxygen atoms in total. The van der Waals surface area contributed by atoms with Gasteiger partial charge in [-0.2, -0.15) is 5.10 Å². The molecule has 2 aromatic carbocycles. The number of nitrogens with one attached hydrogen (secondary N) is 2. The number of carbonyl (C=O) groups is 1. The molecule has 3 aromatic rings. The summed E-state index contributed by atoms with van der Waals surface area (Å²) in [6.45, 7) is 0. The SMILES string of the molecule is O=C(O)c1ccccc1/C=N/Nc1nc(-c2ccccc2)cc(=O)[nH]1. The van der Waals surface area contributed by atoms with Gasteiger partial charge in [-0.15, -0.1) is 0 Å². The van der Waals surface area contributed by atoms with E-state index in [0.29, 0.717) is 11.3 Å². The van der Waals surface area contributed by atoms with E-state index in [9.17, 15) is 9.59 Å². The summed E-state index contributed by atoms with van der Waals surface area (Å²) in [5.74, 6) is -0.880. The first kappa shape index (κ1) is 16.1. The number of aromatic amines is 1. The average molecular weight is 334 g/mol. The van der Waals surface area contributed by atoms with Gasteiger partial charge in [-0.3, -0.25) is 9.78 Å². The van der Waals surface area contributed by atoms with Gasteiger partial charge >= 0.3 is 5.97 Å². The lowest BCUT2D eigenvalue weighted by molar-refractivity contribution is 0.0697. The maximum atomic E-state index is 11.8. The number of rotatable bonds is 5. The lowest BCUT2D eigenvalue weighted by atomic mass is 10.1. The molecular weight excluding hydrogens is 320 g/mol. The molecule has 0 bridgehead atoms. The highest BCUT2D eigenvalue weighted by molar-refractivity contribution is 5.98. The molecule has 0 amide bonds. The molecule has 0 fully saturated rings. The van der Waals surface area contributed by atoms with Crippen LogP contribution in [0.15, 0.2) is 70.6 Å². The van der Waals surface area contributed by atoms with Gasteiger partial charge in [0.2, 0.25) is 5.95 Å². The quantitative estimate of drug-likeness (QED) is 0.491. The van der Waals surface area contributed by atoms with E-state index in [2.05, 4.69) is 20.5 Å². The minimum atomic E-state index is -1.04. The van der Waals surface area contributed by atoms with E-state index in [1.807, 2.05) is 30.3 Å². The second-order valence-electron chi connectivity index (χ2n) is 5.11. The lowest BCUT2D eigenvalue weighted by Crippen LogP contribution is -2.10. The fourth-order valence-electron chi connectivity index (χ4n) is 2.23. The topological polar surface area (TPSA) is 107 Å². The molecule has 0 aliphatic heterocycles. The number of aromatic carboxylic acids is 1. The second kappa shape index (κ2) is 7.22. The van der Waals surface area contributed by atoms with Crippen molar-refractivity contribution in [2.45, 2.75) is 0 Å². The molecule has 1 aromatic heterocycles. The summed E-state index contributed by atoms with van der Waals surface area (Å²) in [7, 11) is 0.